The van der Waals surface area contributed by atoms with E-state index in [-0.39, 0.29) is 6.04 Å². The minimum Gasteiger partial charge on any atom is -0.313 e. The molecule has 1 N–H and O–H groups in total. The average Bonchev–Trinajstić information content (AvgIpc) is 3.15. The number of rotatable bonds is 7. The van der Waals surface area contributed by atoms with Crippen LogP contribution in [-0.4, -0.2) is 33.4 Å². The molecular formula is C16H26N2O2S. The van der Waals surface area contributed by atoms with Gasteiger partial charge in [-0.3, -0.25) is 0 Å². The van der Waals surface area contributed by atoms with E-state index in [1.165, 1.54) is 4.31 Å². The van der Waals surface area contributed by atoms with Crippen LogP contribution in [0.5, 0.6) is 0 Å². The molecule has 1 aliphatic carbocycles. The standard InChI is InChI=1S/C16H26N2O2S/c1-5-16(17-3)13-7-6-8-15(10-13)21(19,20)18(4)11-14-9-12(14)2/h6-8,10,12,14,16-17H,5,9,11H2,1-4H3. The van der Waals surface area contributed by atoms with Crippen molar-refractivity contribution < 1.29 is 8.42 Å². The minimum atomic E-state index is -3.38. The molecule has 5 heteroatoms. The topological polar surface area (TPSA) is 49.4 Å². The summed E-state index contributed by atoms with van der Waals surface area (Å²) in [6.07, 6.45) is 2.06. The van der Waals surface area contributed by atoms with Gasteiger partial charge in [-0.2, -0.15) is 0 Å². The lowest BCUT2D eigenvalue weighted by molar-refractivity contribution is 0.444. The van der Waals surface area contributed by atoms with E-state index < -0.39 is 10.0 Å². The maximum Gasteiger partial charge on any atom is 0.242 e. The molecule has 21 heavy (non-hydrogen) atoms. The summed E-state index contributed by atoms with van der Waals surface area (Å²) < 4.78 is 26.8. The molecule has 0 heterocycles. The highest BCUT2D eigenvalue weighted by molar-refractivity contribution is 7.89. The van der Waals surface area contributed by atoms with Crippen molar-refractivity contribution in [2.45, 2.75) is 37.6 Å². The van der Waals surface area contributed by atoms with Gasteiger partial charge in [0.1, 0.15) is 0 Å². The van der Waals surface area contributed by atoms with Gasteiger partial charge >= 0.3 is 0 Å². The van der Waals surface area contributed by atoms with E-state index >= 15 is 0 Å². The van der Waals surface area contributed by atoms with Gasteiger partial charge in [-0.1, -0.05) is 26.0 Å². The highest BCUT2D eigenvalue weighted by Crippen LogP contribution is 2.38. The fourth-order valence-electron chi connectivity index (χ4n) is 2.76. The molecule has 0 spiro atoms. The van der Waals surface area contributed by atoms with E-state index in [1.54, 1.807) is 19.2 Å². The molecule has 1 saturated carbocycles. The lowest BCUT2D eigenvalue weighted by Gasteiger charge is -2.19. The first-order chi connectivity index (χ1) is 9.90. The Morgan fingerprint density at radius 1 is 1.43 bits per heavy atom. The zero-order valence-electron chi connectivity index (χ0n) is 13.3. The fraction of sp³-hybridized carbons (Fsp3) is 0.625. The molecule has 4 nitrogen and oxygen atoms in total. The number of hydrogen-bond donors (Lipinski definition) is 1. The molecule has 118 valence electrons. The first-order valence-corrected chi connectivity index (χ1v) is 9.07. The first-order valence-electron chi connectivity index (χ1n) is 7.63. The van der Waals surface area contributed by atoms with Crippen LogP contribution in [0, 0.1) is 11.8 Å². The zero-order valence-corrected chi connectivity index (χ0v) is 14.2. The van der Waals surface area contributed by atoms with Crippen molar-refractivity contribution in [1.29, 1.82) is 0 Å². The molecule has 0 amide bonds. The van der Waals surface area contributed by atoms with Crippen LogP contribution in [0.4, 0.5) is 0 Å². The zero-order chi connectivity index (χ0) is 15.6. The molecule has 1 aromatic rings. The summed E-state index contributed by atoms with van der Waals surface area (Å²) in [5, 5.41) is 3.22. The van der Waals surface area contributed by atoms with Gasteiger partial charge in [0.05, 0.1) is 4.90 Å². The second-order valence-electron chi connectivity index (χ2n) is 6.08. The lowest BCUT2D eigenvalue weighted by atomic mass is 10.1. The predicted octanol–water partition coefficient (Wildman–Crippen LogP) is 2.63. The molecule has 1 aliphatic rings. The second kappa shape index (κ2) is 6.46. The van der Waals surface area contributed by atoms with Crippen LogP contribution < -0.4 is 5.32 Å². The van der Waals surface area contributed by atoms with Crippen LogP contribution in [0.2, 0.25) is 0 Å². The maximum absolute atomic E-state index is 12.7. The SMILES string of the molecule is CCC(NC)c1cccc(S(=O)(=O)N(C)CC2CC2C)c1. The Hall–Kier alpha value is -0.910. The van der Waals surface area contributed by atoms with Crippen LogP contribution in [0.25, 0.3) is 0 Å². The van der Waals surface area contributed by atoms with Gasteiger partial charge in [-0.25, -0.2) is 12.7 Å². The smallest absolute Gasteiger partial charge is 0.242 e. The molecule has 0 radical (unpaired) electrons. The summed E-state index contributed by atoms with van der Waals surface area (Å²) in [7, 11) is 0.197. The Kier molecular flexibility index (Phi) is 5.07. The second-order valence-corrected chi connectivity index (χ2v) is 8.13. The van der Waals surface area contributed by atoms with Gasteiger partial charge < -0.3 is 5.32 Å². The molecule has 0 aromatic heterocycles. The van der Waals surface area contributed by atoms with Crippen molar-refractivity contribution in [3.63, 3.8) is 0 Å². The molecule has 3 unspecified atom stereocenters. The molecule has 0 aliphatic heterocycles. The van der Waals surface area contributed by atoms with E-state index in [1.807, 2.05) is 19.2 Å². The normalized spacial score (nSPS) is 23.3. The van der Waals surface area contributed by atoms with Gasteiger partial charge in [-0.05, 0) is 49.4 Å². The quantitative estimate of drug-likeness (QED) is 0.842. The largest absolute Gasteiger partial charge is 0.313 e. The summed E-state index contributed by atoms with van der Waals surface area (Å²) in [4.78, 5) is 0.393. The third kappa shape index (κ3) is 3.65. The monoisotopic (exact) mass is 310 g/mol. The maximum atomic E-state index is 12.7. The average molecular weight is 310 g/mol. The number of nitrogens with one attached hydrogen (secondary N) is 1. The van der Waals surface area contributed by atoms with Crippen molar-refractivity contribution in [3.8, 4) is 0 Å². The van der Waals surface area contributed by atoms with Crippen molar-refractivity contribution in [2.75, 3.05) is 20.6 Å². The van der Waals surface area contributed by atoms with Crippen molar-refractivity contribution >= 4 is 10.0 Å². The third-order valence-electron chi connectivity index (χ3n) is 4.49. The van der Waals surface area contributed by atoms with Crippen molar-refractivity contribution in [3.05, 3.63) is 29.8 Å². The van der Waals surface area contributed by atoms with Crippen molar-refractivity contribution in [1.82, 2.24) is 9.62 Å². The molecule has 3 atom stereocenters. The third-order valence-corrected chi connectivity index (χ3v) is 6.31. The Morgan fingerprint density at radius 3 is 2.62 bits per heavy atom. The van der Waals surface area contributed by atoms with Gasteiger partial charge in [0.25, 0.3) is 0 Å². The Bertz CT molecular complexity index is 582. The summed E-state index contributed by atoms with van der Waals surface area (Å²) in [6, 6.07) is 7.48. The highest BCUT2D eigenvalue weighted by atomic mass is 32.2. The molecule has 1 fully saturated rings. The van der Waals surface area contributed by atoms with Crippen LogP contribution in [-0.2, 0) is 10.0 Å². The summed E-state index contributed by atoms with van der Waals surface area (Å²) in [6.45, 7) is 4.88. The molecule has 2 rings (SSSR count). The van der Waals surface area contributed by atoms with E-state index in [9.17, 15) is 8.42 Å². The lowest BCUT2D eigenvalue weighted by Crippen LogP contribution is -2.29. The summed E-state index contributed by atoms with van der Waals surface area (Å²) in [5.74, 6) is 1.18. The summed E-state index contributed by atoms with van der Waals surface area (Å²) >= 11 is 0. The van der Waals surface area contributed by atoms with E-state index in [2.05, 4.69) is 19.2 Å². The van der Waals surface area contributed by atoms with Gasteiger partial charge in [-0.15, -0.1) is 0 Å². The fourth-order valence-corrected chi connectivity index (χ4v) is 4.04. The van der Waals surface area contributed by atoms with Crippen LogP contribution in [0.3, 0.4) is 0 Å². The van der Waals surface area contributed by atoms with Crippen LogP contribution >= 0.6 is 0 Å². The van der Waals surface area contributed by atoms with E-state index in [0.717, 1.165) is 18.4 Å². The Morgan fingerprint density at radius 2 is 2.10 bits per heavy atom. The number of nitrogens with zero attached hydrogens (tertiary/aromatic N) is 1. The Balaban J connectivity index is 2.21. The van der Waals surface area contributed by atoms with Gasteiger partial charge in [0.15, 0.2) is 0 Å². The number of sulfonamides is 1. The first kappa shape index (κ1) is 16.5. The summed E-state index contributed by atoms with van der Waals surface area (Å²) in [5.41, 5.74) is 1.02. The van der Waals surface area contributed by atoms with Crippen LogP contribution in [0.15, 0.2) is 29.2 Å². The van der Waals surface area contributed by atoms with Crippen molar-refractivity contribution in [2.24, 2.45) is 11.8 Å². The molecular weight excluding hydrogens is 284 g/mol. The Labute approximate surface area is 128 Å². The predicted molar refractivity (Wildman–Crippen MR) is 85.6 cm³/mol. The van der Waals surface area contributed by atoms with E-state index in [4.69, 9.17) is 0 Å². The number of benzene rings is 1. The highest BCUT2D eigenvalue weighted by Gasteiger charge is 2.36. The van der Waals surface area contributed by atoms with Gasteiger partial charge in [0.2, 0.25) is 10.0 Å². The van der Waals surface area contributed by atoms with Crippen LogP contribution in [0.1, 0.15) is 38.3 Å². The van der Waals surface area contributed by atoms with Gasteiger partial charge in [0, 0.05) is 19.6 Å². The van der Waals surface area contributed by atoms with E-state index in [0.29, 0.717) is 23.3 Å². The molecule has 1 aromatic carbocycles. The minimum absolute atomic E-state index is 0.189. The molecule has 0 bridgehead atoms. The molecule has 0 saturated heterocycles. The number of hydrogen-bond acceptors (Lipinski definition) is 3.